The second-order valence-corrected chi connectivity index (χ2v) is 6.65. The highest BCUT2D eigenvalue weighted by Gasteiger charge is 2.24. The minimum atomic E-state index is -0.956. The van der Waals surface area contributed by atoms with Crippen LogP contribution in [0.2, 0.25) is 0 Å². The number of amides is 4. The molecule has 0 radical (unpaired) electrons. The summed E-state index contributed by atoms with van der Waals surface area (Å²) in [5, 5.41) is 6.97. The molecule has 0 saturated heterocycles. The SMILES string of the molecule is C=CCNC(=O)NC(=O)COC(=O)C(CCSC)NC(=O)c1ccccc1OC. The molecule has 0 heterocycles. The number of hydrogen-bond acceptors (Lipinski definition) is 7. The van der Waals surface area contributed by atoms with Gasteiger partial charge < -0.3 is 20.1 Å². The highest BCUT2D eigenvalue weighted by atomic mass is 32.2. The Morgan fingerprint density at radius 1 is 1.24 bits per heavy atom. The van der Waals surface area contributed by atoms with Gasteiger partial charge in [-0.2, -0.15) is 11.8 Å². The van der Waals surface area contributed by atoms with E-state index in [1.54, 1.807) is 24.3 Å². The fourth-order valence-corrected chi connectivity index (χ4v) is 2.63. The summed E-state index contributed by atoms with van der Waals surface area (Å²) in [5.74, 6) is -1.11. The molecule has 1 aromatic carbocycles. The van der Waals surface area contributed by atoms with Crippen LogP contribution >= 0.6 is 11.8 Å². The first-order valence-electron chi connectivity index (χ1n) is 8.71. The number of hydrogen-bond donors (Lipinski definition) is 3. The number of thioether (sulfide) groups is 1. The number of rotatable bonds is 11. The van der Waals surface area contributed by atoms with Gasteiger partial charge in [0, 0.05) is 6.54 Å². The van der Waals surface area contributed by atoms with E-state index in [1.165, 1.54) is 24.9 Å². The number of nitrogens with one attached hydrogen (secondary N) is 3. The number of ether oxygens (including phenoxy) is 2. The molecule has 9 nitrogen and oxygen atoms in total. The van der Waals surface area contributed by atoms with Crippen molar-refractivity contribution < 1.29 is 28.7 Å². The normalized spacial score (nSPS) is 11.0. The van der Waals surface area contributed by atoms with Crippen molar-refractivity contribution in [1.29, 1.82) is 0 Å². The molecule has 0 saturated carbocycles. The smallest absolute Gasteiger partial charge is 0.329 e. The fraction of sp³-hybridized carbons (Fsp3) is 0.368. The molecule has 0 fully saturated rings. The van der Waals surface area contributed by atoms with Gasteiger partial charge >= 0.3 is 12.0 Å². The van der Waals surface area contributed by atoms with E-state index in [0.29, 0.717) is 17.9 Å². The lowest BCUT2D eigenvalue weighted by molar-refractivity contribution is -0.150. The molecule has 1 atom stereocenters. The van der Waals surface area contributed by atoms with Crippen LogP contribution in [-0.4, -0.2) is 62.1 Å². The van der Waals surface area contributed by atoms with Crippen LogP contribution in [0.1, 0.15) is 16.8 Å². The first kappa shape index (κ1) is 24.0. The van der Waals surface area contributed by atoms with Crippen molar-refractivity contribution in [3.63, 3.8) is 0 Å². The molecule has 29 heavy (non-hydrogen) atoms. The molecule has 4 amide bonds. The number of para-hydroxylation sites is 1. The Morgan fingerprint density at radius 3 is 2.62 bits per heavy atom. The molecule has 10 heteroatoms. The van der Waals surface area contributed by atoms with Crippen molar-refractivity contribution in [1.82, 2.24) is 16.0 Å². The molecule has 3 N–H and O–H groups in total. The molecule has 0 aliphatic rings. The molecular weight excluding hydrogens is 398 g/mol. The van der Waals surface area contributed by atoms with Crippen LogP contribution in [-0.2, 0) is 14.3 Å². The van der Waals surface area contributed by atoms with Gasteiger partial charge in [-0.3, -0.25) is 14.9 Å². The molecule has 0 aromatic heterocycles. The lowest BCUT2D eigenvalue weighted by atomic mass is 10.1. The monoisotopic (exact) mass is 423 g/mol. The Morgan fingerprint density at radius 2 is 1.97 bits per heavy atom. The van der Waals surface area contributed by atoms with Crippen LogP contribution < -0.4 is 20.7 Å². The van der Waals surface area contributed by atoms with E-state index in [9.17, 15) is 19.2 Å². The van der Waals surface area contributed by atoms with Gasteiger partial charge in [0.25, 0.3) is 11.8 Å². The maximum atomic E-state index is 12.5. The highest BCUT2D eigenvalue weighted by molar-refractivity contribution is 7.98. The predicted molar refractivity (Wildman–Crippen MR) is 110 cm³/mol. The number of imide groups is 1. The molecule has 1 rings (SSSR count). The van der Waals surface area contributed by atoms with E-state index in [0.717, 1.165) is 0 Å². The average Bonchev–Trinajstić information content (AvgIpc) is 2.73. The van der Waals surface area contributed by atoms with Crippen molar-refractivity contribution in [3.05, 3.63) is 42.5 Å². The van der Waals surface area contributed by atoms with Gasteiger partial charge in [0.1, 0.15) is 11.8 Å². The van der Waals surface area contributed by atoms with E-state index in [2.05, 4.69) is 17.2 Å². The van der Waals surface area contributed by atoms with Gasteiger partial charge in [-0.05, 0) is 30.6 Å². The largest absolute Gasteiger partial charge is 0.496 e. The lowest BCUT2D eigenvalue weighted by Crippen LogP contribution is -2.45. The summed E-state index contributed by atoms with van der Waals surface area (Å²) < 4.78 is 10.1. The Labute approximate surface area is 173 Å². The van der Waals surface area contributed by atoms with Gasteiger partial charge in [-0.15, -0.1) is 6.58 Å². The van der Waals surface area contributed by atoms with Crippen molar-refractivity contribution >= 4 is 35.6 Å². The van der Waals surface area contributed by atoms with E-state index >= 15 is 0 Å². The number of esters is 1. The molecular formula is C19H25N3O6S. The maximum absolute atomic E-state index is 12.5. The summed E-state index contributed by atoms with van der Waals surface area (Å²) in [6.07, 6.45) is 3.62. The number of carbonyl (C=O) groups is 4. The molecule has 1 aromatic rings. The van der Waals surface area contributed by atoms with Gasteiger partial charge in [0.2, 0.25) is 0 Å². The predicted octanol–water partition coefficient (Wildman–Crippen LogP) is 1.10. The summed E-state index contributed by atoms with van der Waals surface area (Å²) in [5.41, 5.74) is 0.272. The van der Waals surface area contributed by atoms with E-state index in [1.807, 2.05) is 11.6 Å². The van der Waals surface area contributed by atoms with Crippen LogP contribution in [0.4, 0.5) is 4.79 Å². The zero-order chi connectivity index (χ0) is 21.6. The summed E-state index contributed by atoms with van der Waals surface area (Å²) >= 11 is 1.49. The van der Waals surface area contributed by atoms with Gasteiger partial charge in [-0.1, -0.05) is 18.2 Å². The highest BCUT2D eigenvalue weighted by Crippen LogP contribution is 2.17. The van der Waals surface area contributed by atoms with E-state index in [-0.39, 0.29) is 12.1 Å². The third kappa shape index (κ3) is 8.69. The minimum absolute atomic E-state index is 0.185. The number of urea groups is 1. The van der Waals surface area contributed by atoms with E-state index < -0.39 is 36.5 Å². The molecule has 158 valence electrons. The Hall–Kier alpha value is -3.01. The van der Waals surface area contributed by atoms with Crippen LogP contribution in [0.5, 0.6) is 5.75 Å². The fourth-order valence-electron chi connectivity index (χ4n) is 2.16. The first-order valence-corrected chi connectivity index (χ1v) is 10.1. The van der Waals surface area contributed by atoms with Crippen LogP contribution in [0.15, 0.2) is 36.9 Å². The third-order valence-electron chi connectivity index (χ3n) is 3.56. The summed E-state index contributed by atoms with van der Waals surface area (Å²) in [7, 11) is 1.44. The zero-order valence-corrected chi connectivity index (χ0v) is 17.2. The minimum Gasteiger partial charge on any atom is -0.496 e. The third-order valence-corrected chi connectivity index (χ3v) is 4.20. The Bertz CT molecular complexity index is 740. The van der Waals surface area contributed by atoms with Gasteiger partial charge in [0.15, 0.2) is 6.61 Å². The van der Waals surface area contributed by atoms with Crippen molar-refractivity contribution in [2.24, 2.45) is 0 Å². The van der Waals surface area contributed by atoms with Gasteiger partial charge in [-0.25, -0.2) is 9.59 Å². The van der Waals surface area contributed by atoms with Crippen molar-refractivity contribution in [3.8, 4) is 5.75 Å². The van der Waals surface area contributed by atoms with Crippen molar-refractivity contribution in [2.75, 3.05) is 32.3 Å². The van der Waals surface area contributed by atoms with Crippen LogP contribution in [0.3, 0.4) is 0 Å². The quantitative estimate of drug-likeness (QED) is 0.360. The van der Waals surface area contributed by atoms with Crippen molar-refractivity contribution in [2.45, 2.75) is 12.5 Å². The van der Waals surface area contributed by atoms with E-state index in [4.69, 9.17) is 9.47 Å². The number of benzene rings is 1. The summed E-state index contributed by atoms with van der Waals surface area (Å²) in [6.45, 7) is 2.96. The first-order chi connectivity index (χ1) is 13.9. The lowest BCUT2D eigenvalue weighted by Gasteiger charge is -2.18. The van der Waals surface area contributed by atoms with Crippen LogP contribution in [0, 0.1) is 0 Å². The standard InChI is InChI=1S/C19H25N3O6S/c1-4-10-20-19(26)22-16(23)12-28-18(25)14(9-11-29-3)21-17(24)13-7-5-6-8-15(13)27-2/h4-8,14H,1,9-12H2,2-3H3,(H,21,24)(H2,20,22,23,26). The molecule has 0 bridgehead atoms. The number of methoxy groups -OCH3 is 1. The molecule has 0 aliphatic heterocycles. The second-order valence-electron chi connectivity index (χ2n) is 5.66. The molecule has 0 spiro atoms. The molecule has 1 unspecified atom stereocenters. The second kappa shape index (κ2) is 13.2. The van der Waals surface area contributed by atoms with Gasteiger partial charge in [0.05, 0.1) is 12.7 Å². The maximum Gasteiger partial charge on any atom is 0.329 e. The summed E-state index contributed by atoms with van der Waals surface area (Å²) in [4.78, 5) is 48.0. The molecule has 0 aliphatic carbocycles. The summed E-state index contributed by atoms with van der Waals surface area (Å²) in [6, 6.07) is 4.91. The average molecular weight is 423 g/mol. The Kier molecular flexibility index (Phi) is 10.9. The zero-order valence-electron chi connectivity index (χ0n) is 16.4. The topological polar surface area (TPSA) is 123 Å². The number of carbonyl (C=O) groups excluding carboxylic acids is 4. The van der Waals surface area contributed by atoms with Crippen LogP contribution in [0.25, 0.3) is 0 Å². The Balaban J connectivity index is 2.68.